The summed E-state index contributed by atoms with van der Waals surface area (Å²) in [5.74, 6) is 0.659. The van der Waals surface area contributed by atoms with Gasteiger partial charge < -0.3 is 9.84 Å². The van der Waals surface area contributed by atoms with Gasteiger partial charge in [-0.15, -0.1) is 0 Å². The summed E-state index contributed by atoms with van der Waals surface area (Å²) in [4.78, 5) is 10.3. The van der Waals surface area contributed by atoms with Crippen LogP contribution in [0.1, 0.15) is 29.2 Å². The van der Waals surface area contributed by atoms with Crippen molar-refractivity contribution in [3.05, 3.63) is 90.0 Å². The van der Waals surface area contributed by atoms with E-state index in [4.69, 9.17) is 4.74 Å². The highest BCUT2D eigenvalue weighted by molar-refractivity contribution is 5.42. The lowest BCUT2D eigenvalue weighted by Gasteiger charge is -2.40. The fourth-order valence-corrected chi connectivity index (χ4v) is 4.14. The summed E-state index contributed by atoms with van der Waals surface area (Å²) in [6.07, 6.45) is 6.52. The molecule has 1 saturated heterocycles. The van der Waals surface area contributed by atoms with Crippen LogP contribution in [0.5, 0.6) is 5.75 Å². The molecule has 1 N–H and O–H groups in total. The Morgan fingerprint density at radius 2 is 1.79 bits per heavy atom. The number of rotatable bonds is 6. The smallest absolute Gasteiger partial charge is 0.183 e. The number of ether oxygens (including phenoxy) is 1. The number of aromatic nitrogens is 2. The van der Waals surface area contributed by atoms with E-state index in [0.29, 0.717) is 36.4 Å². The van der Waals surface area contributed by atoms with Crippen molar-refractivity contribution in [2.75, 3.05) is 20.2 Å². The predicted octanol–water partition coefficient (Wildman–Crippen LogP) is 3.51. The quantitative estimate of drug-likeness (QED) is 0.695. The van der Waals surface area contributed by atoms with Gasteiger partial charge >= 0.3 is 0 Å². The van der Waals surface area contributed by atoms with Gasteiger partial charge in [-0.25, -0.2) is 4.39 Å². The first-order valence-electron chi connectivity index (χ1n) is 9.69. The van der Waals surface area contributed by atoms with Gasteiger partial charge in [-0.3, -0.25) is 14.9 Å². The number of β-amino-alcohol motifs (C(OH)–C–C–N with tert-alkyl or cyclic N) is 1. The molecule has 150 valence electrons. The second-order valence-electron chi connectivity index (χ2n) is 7.31. The average Bonchev–Trinajstić information content (AvgIpc) is 3.20. The molecule has 1 aliphatic rings. The summed E-state index contributed by atoms with van der Waals surface area (Å²) < 4.78 is 22.8. The van der Waals surface area contributed by atoms with E-state index in [-0.39, 0.29) is 0 Å². The Hall–Kier alpha value is -2.83. The van der Waals surface area contributed by atoms with Crippen molar-refractivity contribution < 1.29 is 14.2 Å². The summed E-state index contributed by atoms with van der Waals surface area (Å²) in [7, 11) is 1.60. The Bertz CT molecular complexity index is 900. The van der Waals surface area contributed by atoms with Crippen LogP contribution in [0.25, 0.3) is 0 Å². The van der Waals surface area contributed by atoms with Crippen molar-refractivity contribution in [2.24, 2.45) is 0 Å². The Morgan fingerprint density at radius 1 is 1.10 bits per heavy atom. The third-order valence-corrected chi connectivity index (χ3v) is 5.51. The van der Waals surface area contributed by atoms with Crippen LogP contribution in [0, 0.1) is 0 Å². The first-order chi connectivity index (χ1) is 14.1. The third-order valence-electron chi connectivity index (χ3n) is 5.51. The minimum absolute atomic E-state index is 0.397. The second-order valence-corrected chi connectivity index (χ2v) is 7.31. The normalized spacial score (nSPS) is 18.5. The molecule has 2 atom stereocenters. The van der Waals surface area contributed by atoms with Gasteiger partial charge in [-0.2, -0.15) is 0 Å². The standard InChI is InChI=1S/C23H24FN3O2/c1-29-21-8-2-5-17(13-21)22(27-12-9-20(28)16-27)23(24,18-6-3-10-25-14-18)19-7-4-11-26-15-19/h2-8,10-11,13-15,20,22,28H,9,12,16H2,1H3/t20-,22?/m1/s1. The zero-order valence-corrected chi connectivity index (χ0v) is 16.3. The molecule has 1 aliphatic heterocycles. The van der Waals surface area contributed by atoms with Crippen molar-refractivity contribution in [3.63, 3.8) is 0 Å². The lowest BCUT2D eigenvalue weighted by Crippen LogP contribution is -2.42. The fraction of sp³-hybridized carbons (Fsp3) is 0.304. The molecule has 3 heterocycles. The second kappa shape index (κ2) is 8.27. The first kappa shape index (κ1) is 19.5. The van der Waals surface area contributed by atoms with Crippen molar-refractivity contribution in [3.8, 4) is 5.75 Å². The van der Waals surface area contributed by atoms with Crippen LogP contribution in [0.4, 0.5) is 4.39 Å². The molecule has 29 heavy (non-hydrogen) atoms. The predicted molar refractivity (Wildman–Crippen MR) is 108 cm³/mol. The Labute approximate surface area is 169 Å². The number of alkyl halides is 1. The maximum Gasteiger partial charge on any atom is 0.183 e. The molecule has 2 aromatic heterocycles. The number of aliphatic hydroxyl groups excluding tert-OH is 1. The first-order valence-corrected chi connectivity index (χ1v) is 9.69. The third kappa shape index (κ3) is 3.73. The van der Waals surface area contributed by atoms with Crippen LogP contribution in [-0.2, 0) is 5.67 Å². The molecule has 5 nitrogen and oxygen atoms in total. The number of benzene rings is 1. The molecule has 0 radical (unpaired) electrons. The summed E-state index contributed by atoms with van der Waals surface area (Å²) in [6.45, 7) is 0.989. The summed E-state index contributed by atoms with van der Waals surface area (Å²) in [5, 5.41) is 10.2. The average molecular weight is 393 g/mol. The van der Waals surface area contributed by atoms with E-state index in [1.165, 1.54) is 0 Å². The van der Waals surface area contributed by atoms with Gasteiger partial charge in [0.1, 0.15) is 5.75 Å². The highest BCUT2D eigenvalue weighted by Gasteiger charge is 2.48. The van der Waals surface area contributed by atoms with Gasteiger partial charge in [0.25, 0.3) is 0 Å². The van der Waals surface area contributed by atoms with Gasteiger partial charge in [0.05, 0.1) is 19.3 Å². The van der Waals surface area contributed by atoms with E-state index in [1.54, 1.807) is 56.2 Å². The van der Waals surface area contributed by atoms with Crippen molar-refractivity contribution >= 4 is 0 Å². The van der Waals surface area contributed by atoms with Crippen molar-refractivity contribution in [2.45, 2.75) is 24.2 Å². The maximum absolute atomic E-state index is 17.4. The Morgan fingerprint density at radius 3 is 2.31 bits per heavy atom. The molecule has 3 aromatic rings. The SMILES string of the molecule is COc1cccc(C(N2CC[C@@H](O)C2)C(F)(c2cccnc2)c2cccnc2)c1. The van der Waals surface area contributed by atoms with Crippen LogP contribution in [0.3, 0.4) is 0 Å². The fourth-order valence-electron chi connectivity index (χ4n) is 4.14. The van der Waals surface area contributed by atoms with E-state index < -0.39 is 17.8 Å². The van der Waals surface area contributed by atoms with Crippen LogP contribution in [0.2, 0.25) is 0 Å². The largest absolute Gasteiger partial charge is 0.497 e. The molecule has 1 aromatic carbocycles. The van der Waals surface area contributed by atoms with E-state index in [1.807, 2.05) is 29.2 Å². The lowest BCUT2D eigenvalue weighted by molar-refractivity contribution is 0.0543. The monoisotopic (exact) mass is 393 g/mol. The van der Waals surface area contributed by atoms with E-state index >= 15 is 4.39 Å². The number of hydrogen-bond acceptors (Lipinski definition) is 5. The van der Waals surface area contributed by atoms with E-state index in [0.717, 1.165) is 5.56 Å². The van der Waals surface area contributed by atoms with Crippen LogP contribution in [0.15, 0.2) is 73.3 Å². The summed E-state index contributed by atoms with van der Waals surface area (Å²) >= 11 is 0. The molecule has 1 fully saturated rings. The van der Waals surface area contributed by atoms with Gasteiger partial charge in [0, 0.05) is 49.0 Å². The topological polar surface area (TPSA) is 58.5 Å². The number of pyridine rings is 2. The zero-order chi connectivity index (χ0) is 20.3. The molecule has 0 bridgehead atoms. The van der Waals surface area contributed by atoms with Crippen LogP contribution >= 0.6 is 0 Å². The minimum Gasteiger partial charge on any atom is -0.497 e. The maximum atomic E-state index is 17.4. The van der Waals surface area contributed by atoms with Gasteiger partial charge in [-0.1, -0.05) is 24.3 Å². The number of nitrogens with zero attached hydrogens (tertiary/aromatic N) is 3. The van der Waals surface area contributed by atoms with Crippen LogP contribution in [-0.4, -0.2) is 46.3 Å². The van der Waals surface area contributed by atoms with E-state index in [9.17, 15) is 5.11 Å². The lowest BCUT2D eigenvalue weighted by atomic mass is 9.79. The highest BCUT2D eigenvalue weighted by Crippen LogP contribution is 2.48. The summed E-state index contributed by atoms with van der Waals surface area (Å²) in [5.41, 5.74) is -0.253. The molecule has 0 spiro atoms. The zero-order valence-electron chi connectivity index (χ0n) is 16.3. The summed E-state index contributed by atoms with van der Waals surface area (Å²) in [6, 6.07) is 13.8. The Kier molecular flexibility index (Phi) is 5.56. The van der Waals surface area contributed by atoms with Crippen LogP contribution < -0.4 is 4.74 Å². The van der Waals surface area contributed by atoms with Gasteiger partial charge in [0.15, 0.2) is 5.67 Å². The number of methoxy groups -OCH3 is 1. The molecular weight excluding hydrogens is 369 g/mol. The molecule has 0 saturated carbocycles. The Balaban J connectivity index is 1.93. The molecule has 0 aliphatic carbocycles. The van der Waals surface area contributed by atoms with Gasteiger partial charge in [-0.05, 0) is 36.2 Å². The molecule has 6 heteroatoms. The van der Waals surface area contributed by atoms with E-state index in [2.05, 4.69) is 9.97 Å². The minimum atomic E-state index is -1.92. The molecule has 4 rings (SSSR count). The number of halogens is 1. The number of hydrogen-bond donors (Lipinski definition) is 1. The number of aliphatic hydroxyl groups is 1. The van der Waals surface area contributed by atoms with Crippen molar-refractivity contribution in [1.29, 1.82) is 0 Å². The van der Waals surface area contributed by atoms with Crippen molar-refractivity contribution in [1.82, 2.24) is 14.9 Å². The number of likely N-dealkylation sites (tertiary alicyclic amines) is 1. The highest BCUT2D eigenvalue weighted by atomic mass is 19.1. The molecular formula is C23H24FN3O2. The van der Waals surface area contributed by atoms with Gasteiger partial charge in [0.2, 0.25) is 0 Å². The molecule has 0 amide bonds. The molecule has 1 unspecified atom stereocenters.